The number of amides is 2. The lowest BCUT2D eigenvalue weighted by molar-refractivity contribution is -0.154. The van der Waals surface area contributed by atoms with Crippen LogP contribution in [0.25, 0.3) is 0 Å². The lowest BCUT2D eigenvalue weighted by Crippen LogP contribution is -2.36. The maximum atomic E-state index is 12.3. The van der Waals surface area contributed by atoms with Crippen LogP contribution in [-0.2, 0) is 6.54 Å². The fourth-order valence-electron chi connectivity index (χ4n) is 3.02. The van der Waals surface area contributed by atoms with Crippen molar-refractivity contribution in [1.82, 2.24) is 20.5 Å². The molecule has 6 nitrogen and oxygen atoms in total. The molecule has 0 atom stereocenters. The van der Waals surface area contributed by atoms with Gasteiger partial charge >= 0.3 is 12.2 Å². The van der Waals surface area contributed by atoms with Crippen LogP contribution in [0.15, 0.2) is 18.3 Å². The molecule has 158 valence electrons. The maximum absolute atomic E-state index is 12.3. The topological polar surface area (TPSA) is 66.5 Å². The molecule has 1 aromatic rings. The van der Waals surface area contributed by atoms with Crippen LogP contribution < -0.4 is 15.4 Å². The quantitative estimate of drug-likeness (QED) is 0.622. The highest BCUT2D eigenvalue weighted by Gasteiger charge is 2.29. The van der Waals surface area contributed by atoms with E-state index in [0.29, 0.717) is 12.1 Å². The number of likely N-dealkylation sites (tertiary alicyclic amines) is 1. The van der Waals surface area contributed by atoms with Gasteiger partial charge in [-0.05, 0) is 57.3 Å². The van der Waals surface area contributed by atoms with E-state index in [0.717, 1.165) is 38.4 Å². The zero-order chi connectivity index (χ0) is 20.4. The Labute approximate surface area is 163 Å². The molecule has 1 aromatic heterocycles. The molecule has 28 heavy (non-hydrogen) atoms. The number of rotatable bonds is 9. The number of halogens is 3. The Morgan fingerprint density at radius 1 is 1.29 bits per heavy atom. The predicted molar refractivity (Wildman–Crippen MR) is 100 cm³/mol. The van der Waals surface area contributed by atoms with Gasteiger partial charge in [0.15, 0.2) is 6.61 Å². The number of carbonyl (C=O) groups excluding carboxylic acids is 1. The van der Waals surface area contributed by atoms with Crippen LogP contribution in [0.2, 0.25) is 0 Å². The lowest BCUT2D eigenvalue weighted by atomic mass is 9.99. The van der Waals surface area contributed by atoms with Gasteiger partial charge in [-0.2, -0.15) is 13.2 Å². The molecular weight excluding hydrogens is 373 g/mol. The van der Waals surface area contributed by atoms with E-state index in [1.54, 1.807) is 12.1 Å². The zero-order valence-electron chi connectivity index (χ0n) is 16.2. The van der Waals surface area contributed by atoms with Crippen molar-refractivity contribution in [2.45, 2.75) is 45.3 Å². The number of nitrogens with one attached hydrogen (secondary N) is 2. The monoisotopic (exact) mass is 402 g/mol. The number of pyridine rings is 1. The minimum absolute atomic E-state index is 0.0405. The zero-order valence-corrected chi connectivity index (χ0v) is 16.2. The second-order valence-corrected chi connectivity index (χ2v) is 7.21. The van der Waals surface area contributed by atoms with Crippen LogP contribution >= 0.6 is 0 Å². The fraction of sp³-hybridized carbons (Fsp3) is 0.684. The molecule has 2 amide bonds. The van der Waals surface area contributed by atoms with E-state index in [9.17, 15) is 18.0 Å². The highest BCUT2D eigenvalue weighted by Crippen LogP contribution is 2.20. The van der Waals surface area contributed by atoms with Gasteiger partial charge in [0.1, 0.15) is 0 Å². The highest BCUT2D eigenvalue weighted by molar-refractivity contribution is 5.73. The Morgan fingerprint density at radius 3 is 2.75 bits per heavy atom. The molecule has 2 N–H and O–H groups in total. The Morgan fingerprint density at radius 2 is 2.04 bits per heavy atom. The summed E-state index contributed by atoms with van der Waals surface area (Å²) in [5, 5.41) is 5.38. The number of piperidine rings is 1. The second-order valence-electron chi connectivity index (χ2n) is 7.21. The number of hydrogen-bond acceptors (Lipinski definition) is 4. The highest BCUT2D eigenvalue weighted by atomic mass is 19.4. The third kappa shape index (κ3) is 8.77. The van der Waals surface area contributed by atoms with Crippen molar-refractivity contribution in [1.29, 1.82) is 0 Å². The van der Waals surface area contributed by atoms with Crippen molar-refractivity contribution in [3.05, 3.63) is 23.9 Å². The molecule has 0 radical (unpaired) electrons. The number of unbranched alkanes of at least 4 members (excludes halogenated alkanes) is 1. The third-order valence-corrected chi connectivity index (χ3v) is 4.72. The number of ether oxygens (including phenoxy) is 1. The molecule has 2 rings (SSSR count). The minimum Gasteiger partial charge on any atom is -0.468 e. The van der Waals surface area contributed by atoms with Crippen molar-refractivity contribution in [2.24, 2.45) is 5.92 Å². The normalized spacial score (nSPS) is 16.0. The SMILES string of the molecule is CC1CCN(CCCCNC(=O)NCc2cccnc2OCC(F)(F)F)CC1. The molecule has 0 aromatic carbocycles. The van der Waals surface area contributed by atoms with Crippen LogP contribution in [0.5, 0.6) is 5.88 Å². The molecule has 0 unspecified atom stereocenters. The van der Waals surface area contributed by atoms with Crippen molar-refractivity contribution >= 4 is 6.03 Å². The molecule has 0 bridgehead atoms. The summed E-state index contributed by atoms with van der Waals surface area (Å²) in [4.78, 5) is 18.1. The summed E-state index contributed by atoms with van der Waals surface area (Å²) < 4.78 is 41.6. The molecule has 0 spiro atoms. The second kappa shape index (κ2) is 11.1. The van der Waals surface area contributed by atoms with E-state index >= 15 is 0 Å². The van der Waals surface area contributed by atoms with Gasteiger partial charge in [0.05, 0.1) is 0 Å². The largest absolute Gasteiger partial charge is 0.468 e. The number of aromatic nitrogens is 1. The minimum atomic E-state index is -4.44. The number of alkyl halides is 3. The van der Waals surface area contributed by atoms with Gasteiger partial charge in [-0.25, -0.2) is 9.78 Å². The van der Waals surface area contributed by atoms with Crippen LogP contribution in [0.4, 0.5) is 18.0 Å². The molecule has 1 aliphatic heterocycles. The number of carbonyl (C=O) groups is 1. The number of hydrogen-bond donors (Lipinski definition) is 2. The molecule has 1 aliphatic rings. The van der Waals surface area contributed by atoms with Gasteiger partial charge in [0.2, 0.25) is 5.88 Å². The predicted octanol–water partition coefficient (Wildman–Crippen LogP) is 3.33. The molecule has 2 heterocycles. The Hall–Kier alpha value is -2.03. The Bertz CT molecular complexity index is 605. The number of nitrogens with zero attached hydrogens (tertiary/aromatic N) is 2. The van der Waals surface area contributed by atoms with Gasteiger partial charge in [-0.1, -0.05) is 13.0 Å². The first-order chi connectivity index (χ1) is 13.3. The molecule has 0 aliphatic carbocycles. The summed E-state index contributed by atoms with van der Waals surface area (Å²) in [5.74, 6) is 0.691. The molecule has 9 heteroatoms. The van der Waals surface area contributed by atoms with Gasteiger partial charge in [0, 0.05) is 24.8 Å². The van der Waals surface area contributed by atoms with Gasteiger partial charge in [0.25, 0.3) is 0 Å². The third-order valence-electron chi connectivity index (χ3n) is 4.72. The van der Waals surface area contributed by atoms with Gasteiger partial charge in [-0.3, -0.25) is 0 Å². The summed E-state index contributed by atoms with van der Waals surface area (Å²) >= 11 is 0. The molecule has 0 saturated carbocycles. The molecule has 1 saturated heterocycles. The summed E-state index contributed by atoms with van der Waals surface area (Å²) in [6, 6.07) is 2.78. The standard InChI is InChI=1S/C19H29F3N4O2/c1-15-6-11-26(12-7-15)10-3-2-8-24-18(27)25-13-16-5-4-9-23-17(16)28-14-19(20,21)22/h4-5,9,15H,2-3,6-8,10-14H2,1H3,(H2,24,25,27). The van der Waals surface area contributed by atoms with Crippen molar-refractivity contribution in [2.75, 3.05) is 32.8 Å². The van der Waals surface area contributed by atoms with Crippen molar-refractivity contribution < 1.29 is 22.7 Å². The fourth-order valence-corrected chi connectivity index (χ4v) is 3.02. The Balaban J connectivity index is 1.61. The van der Waals surface area contributed by atoms with E-state index < -0.39 is 12.8 Å². The van der Waals surface area contributed by atoms with E-state index in [-0.39, 0.29) is 18.5 Å². The van der Waals surface area contributed by atoms with Crippen molar-refractivity contribution in [3.63, 3.8) is 0 Å². The van der Waals surface area contributed by atoms with Crippen molar-refractivity contribution in [3.8, 4) is 5.88 Å². The summed E-state index contributed by atoms with van der Waals surface area (Å²) in [5.41, 5.74) is 0.390. The average Bonchev–Trinajstić information content (AvgIpc) is 2.66. The van der Waals surface area contributed by atoms with Crippen LogP contribution in [-0.4, -0.2) is 54.9 Å². The maximum Gasteiger partial charge on any atom is 0.422 e. The summed E-state index contributed by atoms with van der Waals surface area (Å²) in [6.45, 7) is 4.82. The van der Waals surface area contributed by atoms with Gasteiger partial charge < -0.3 is 20.3 Å². The smallest absolute Gasteiger partial charge is 0.422 e. The van der Waals surface area contributed by atoms with E-state index in [1.165, 1.54) is 19.0 Å². The Kier molecular flexibility index (Phi) is 8.82. The summed E-state index contributed by atoms with van der Waals surface area (Å²) in [6.07, 6.45) is 1.32. The van der Waals surface area contributed by atoms with Crippen LogP contribution in [0, 0.1) is 5.92 Å². The van der Waals surface area contributed by atoms with E-state index in [4.69, 9.17) is 4.74 Å². The van der Waals surface area contributed by atoms with Crippen LogP contribution in [0.1, 0.15) is 38.2 Å². The lowest BCUT2D eigenvalue weighted by Gasteiger charge is -2.30. The first-order valence-corrected chi connectivity index (χ1v) is 9.71. The van der Waals surface area contributed by atoms with E-state index in [1.807, 2.05) is 0 Å². The summed E-state index contributed by atoms with van der Waals surface area (Å²) in [7, 11) is 0. The van der Waals surface area contributed by atoms with Crippen LogP contribution in [0.3, 0.4) is 0 Å². The number of urea groups is 1. The average molecular weight is 402 g/mol. The van der Waals surface area contributed by atoms with E-state index in [2.05, 4.69) is 27.4 Å². The van der Waals surface area contributed by atoms with Gasteiger partial charge in [-0.15, -0.1) is 0 Å². The molecule has 1 fully saturated rings. The first-order valence-electron chi connectivity index (χ1n) is 9.71. The molecular formula is C19H29F3N4O2. The first kappa shape index (κ1) is 22.3.